The molecule has 1 aromatic rings. The Hall–Kier alpha value is -1.16. The summed E-state index contributed by atoms with van der Waals surface area (Å²) in [4.78, 5) is 10.9. The lowest BCUT2D eigenvalue weighted by atomic mass is 10.1. The Morgan fingerprint density at radius 1 is 1.31 bits per heavy atom. The maximum Gasteiger partial charge on any atom is 0.129 e. The zero-order chi connectivity index (χ0) is 11.2. The molecule has 1 aliphatic rings. The minimum Gasteiger partial charge on any atom is -0.369 e. The molecule has 1 aromatic heterocycles. The van der Waals surface area contributed by atoms with Gasteiger partial charge < -0.3 is 10.2 Å². The quantitative estimate of drug-likeness (QED) is 0.838. The van der Waals surface area contributed by atoms with Crippen LogP contribution in [0.5, 0.6) is 0 Å². The molecule has 0 aliphatic carbocycles. The van der Waals surface area contributed by atoms with Gasteiger partial charge in [-0.25, -0.2) is 9.97 Å². The van der Waals surface area contributed by atoms with E-state index in [9.17, 15) is 0 Å². The maximum absolute atomic E-state index is 4.32. The van der Waals surface area contributed by atoms with E-state index < -0.39 is 0 Å². The van der Waals surface area contributed by atoms with E-state index in [1.807, 2.05) is 13.0 Å². The molecule has 0 amide bonds. The fourth-order valence-electron chi connectivity index (χ4n) is 2.08. The predicted octanol–water partition coefficient (Wildman–Crippen LogP) is 1.68. The summed E-state index contributed by atoms with van der Waals surface area (Å²) in [6.07, 6.45) is 5.90. The number of piperidine rings is 1. The molecule has 1 N–H and O–H groups in total. The van der Waals surface area contributed by atoms with E-state index in [0.717, 1.165) is 24.7 Å². The summed E-state index contributed by atoms with van der Waals surface area (Å²) in [5.41, 5.74) is 0. The van der Waals surface area contributed by atoms with Crippen LogP contribution < -0.4 is 5.32 Å². The Morgan fingerprint density at radius 3 is 2.88 bits per heavy atom. The molecule has 1 aliphatic heterocycles. The Labute approximate surface area is 97.1 Å². The number of anilines is 1. The molecule has 0 atom stereocenters. The second-order valence-corrected chi connectivity index (χ2v) is 4.32. The third kappa shape index (κ3) is 3.45. The molecule has 1 saturated heterocycles. The Bertz CT molecular complexity index is 321. The smallest absolute Gasteiger partial charge is 0.129 e. The van der Waals surface area contributed by atoms with Crippen molar-refractivity contribution in [3.05, 3.63) is 18.1 Å². The SMILES string of the molecule is Cc1nccc(NCCN2CCCCC2)n1. The lowest BCUT2D eigenvalue weighted by Gasteiger charge is -2.26. The van der Waals surface area contributed by atoms with E-state index in [2.05, 4.69) is 20.2 Å². The van der Waals surface area contributed by atoms with Gasteiger partial charge in [0.1, 0.15) is 11.6 Å². The zero-order valence-corrected chi connectivity index (χ0v) is 9.95. The fraction of sp³-hybridized carbons (Fsp3) is 0.667. The van der Waals surface area contributed by atoms with Crippen LogP contribution in [0.2, 0.25) is 0 Å². The number of nitrogens with one attached hydrogen (secondary N) is 1. The van der Waals surface area contributed by atoms with Crippen molar-refractivity contribution in [2.45, 2.75) is 26.2 Å². The average molecular weight is 220 g/mol. The summed E-state index contributed by atoms with van der Waals surface area (Å²) in [7, 11) is 0. The maximum atomic E-state index is 4.32. The Balaban J connectivity index is 1.71. The summed E-state index contributed by atoms with van der Waals surface area (Å²) >= 11 is 0. The van der Waals surface area contributed by atoms with Gasteiger partial charge in [0.15, 0.2) is 0 Å². The second kappa shape index (κ2) is 5.80. The standard InChI is InChI=1S/C12H20N4/c1-11-13-6-5-12(15-11)14-7-10-16-8-3-2-4-9-16/h5-6H,2-4,7-10H2,1H3,(H,13,14,15). The van der Waals surface area contributed by atoms with E-state index >= 15 is 0 Å². The van der Waals surface area contributed by atoms with Gasteiger partial charge in [-0.3, -0.25) is 0 Å². The first-order valence-electron chi connectivity index (χ1n) is 6.10. The monoisotopic (exact) mass is 220 g/mol. The van der Waals surface area contributed by atoms with Gasteiger partial charge in [0, 0.05) is 19.3 Å². The number of hydrogen-bond acceptors (Lipinski definition) is 4. The van der Waals surface area contributed by atoms with Crippen molar-refractivity contribution < 1.29 is 0 Å². The van der Waals surface area contributed by atoms with Crippen molar-refractivity contribution >= 4 is 5.82 Å². The van der Waals surface area contributed by atoms with E-state index in [4.69, 9.17) is 0 Å². The Morgan fingerprint density at radius 2 is 2.12 bits per heavy atom. The fourth-order valence-corrected chi connectivity index (χ4v) is 2.08. The van der Waals surface area contributed by atoms with Gasteiger partial charge in [0.25, 0.3) is 0 Å². The number of nitrogens with zero attached hydrogens (tertiary/aromatic N) is 3. The van der Waals surface area contributed by atoms with E-state index in [0.29, 0.717) is 0 Å². The van der Waals surface area contributed by atoms with Crippen LogP contribution in [-0.4, -0.2) is 41.0 Å². The number of aromatic nitrogens is 2. The molecule has 1 fully saturated rings. The van der Waals surface area contributed by atoms with Crippen LogP contribution >= 0.6 is 0 Å². The molecular weight excluding hydrogens is 200 g/mol. The highest BCUT2D eigenvalue weighted by Crippen LogP contribution is 2.08. The zero-order valence-electron chi connectivity index (χ0n) is 9.95. The minimum absolute atomic E-state index is 0.822. The average Bonchev–Trinajstić information content (AvgIpc) is 2.30. The van der Waals surface area contributed by atoms with Crippen molar-refractivity contribution in [1.82, 2.24) is 14.9 Å². The third-order valence-electron chi connectivity index (χ3n) is 2.96. The van der Waals surface area contributed by atoms with Crippen LogP contribution in [0, 0.1) is 6.92 Å². The van der Waals surface area contributed by atoms with Crippen molar-refractivity contribution in [2.75, 3.05) is 31.5 Å². The Kier molecular flexibility index (Phi) is 4.10. The number of hydrogen-bond donors (Lipinski definition) is 1. The highest BCUT2D eigenvalue weighted by Gasteiger charge is 2.08. The van der Waals surface area contributed by atoms with Gasteiger partial charge in [-0.05, 0) is 38.9 Å². The van der Waals surface area contributed by atoms with E-state index in [1.54, 1.807) is 6.20 Å². The first-order chi connectivity index (χ1) is 7.84. The molecule has 4 nitrogen and oxygen atoms in total. The summed E-state index contributed by atoms with van der Waals surface area (Å²) in [6.45, 7) is 6.50. The van der Waals surface area contributed by atoms with Crippen molar-refractivity contribution in [3.63, 3.8) is 0 Å². The van der Waals surface area contributed by atoms with Crippen molar-refractivity contribution in [3.8, 4) is 0 Å². The van der Waals surface area contributed by atoms with Gasteiger partial charge in [-0.1, -0.05) is 6.42 Å². The largest absolute Gasteiger partial charge is 0.369 e. The van der Waals surface area contributed by atoms with Gasteiger partial charge in [0.05, 0.1) is 0 Å². The normalized spacial score (nSPS) is 17.3. The highest BCUT2D eigenvalue weighted by molar-refractivity contribution is 5.32. The van der Waals surface area contributed by atoms with Gasteiger partial charge in [-0.2, -0.15) is 0 Å². The molecule has 2 heterocycles. The number of likely N-dealkylation sites (tertiary alicyclic amines) is 1. The topological polar surface area (TPSA) is 41.1 Å². The first kappa shape index (κ1) is 11.3. The number of rotatable bonds is 4. The van der Waals surface area contributed by atoms with E-state index in [-0.39, 0.29) is 0 Å². The molecule has 0 radical (unpaired) electrons. The minimum atomic E-state index is 0.822. The predicted molar refractivity (Wildman–Crippen MR) is 65.5 cm³/mol. The highest BCUT2D eigenvalue weighted by atomic mass is 15.1. The van der Waals surface area contributed by atoms with Crippen LogP contribution in [0.3, 0.4) is 0 Å². The summed E-state index contributed by atoms with van der Waals surface area (Å²) < 4.78 is 0. The van der Waals surface area contributed by atoms with Gasteiger partial charge >= 0.3 is 0 Å². The third-order valence-corrected chi connectivity index (χ3v) is 2.96. The van der Waals surface area contributed by atoms with Crippen LogP contribution in [0.15, 0.2) is 12.3 Å². The summed E-state index contributed by atoms with van der Waals surface area (Å²) in [5.74, 6) is 1.76. The molecule has 88 valence electrons. The summed E-state index contributed by atoms with van der Waals surface area (Å²) in [6, 6.07) is 1.92. The van der Waals surface area contributed by atoms with Crippen molar-refractivity contribution in [1.29, 1.82) is 0 Å². The molecule has 0 unspecified atom stereocenters. The van der Waals surface area contributed by atoms with Crippen LogP contribution in [0.4, 0.5) is 5.82 Å². The molecule has 16 heavy (non-hydrogen) atoms. The van der Waals surface area contributed by atoms with Gasteiger partial charge in [-0.15, -0.1) is 0 Å². The first-order valence-corrected chi connectivity index (χ1v) is 6.10. The summed E-state index contributed by atoms with van der Waals surface area (Å²) in [5, 5.41) is 3.34. The van der Waals surface area contributed by atoms with Crippen LogP contribution in [-0.2, 0) is 0 Å². The molecule has 0 bridgehead atoms. The van der Waals surface area contributed by atoms with Gasteiger partial charge in [0.2, 0.25) is 0 Å². The van der Waals surface area contributed by atoms with Crippen LogP contribution in [0.1, 0.15) is 25.1 Å². The van der Waals surface area contributed by atoms with Crippen LogP contribution in [0.25, 0.3) is 0 Å². The molecule has 4 heteroatoms. The molecular formula is C12H20N4. The molecule has 0 aromatic carbocycles. The second-order valence-electron chi connectivity index (χ2n) is 4.32. The van der Waals surface area contributed by atoms with E-state index in [1.165, 1.54) is 32.4 Å². The molecule has 0 saturated carbocycles. The molecule has 0 spiro atoms. The number of aryl methyl sites for hydroxylation is 1. The lowest BCUT2D eigenvalue weighted by molar-refractivity contribution is 0.237. The van der Waals surface area contributed by atoms with Crippen molar-refractivity contribution in [2.24, 2.45) is 0 Å². The molecule has 2 rings (SSSR count). The lowest BCUT2D eigenvalue weighted by Crippen LogP contribution is -2.33.